The van der Waals surface area contributed by atoms with Crippen LogP contribution in [0.2, 0.25) is 0 Å². The van der Waals surface area contributed by atoms with E-state index in [9.17, 15) is 19.5 Å². The van der Waals surface area contributed by atoms with Crippen LogP contribution in [0.1, 0.15) is 61.3 Å². The van der Waals surface area contributed by atoms with Crippen LogP contribution in [0.3, 0.4) is 0 Å². The zero-order chi connectivity index (χ0) is 24.0. The Labute approximate surface area is 189 Å². The molecule has 1 heterocycles. The van der Waals surface area contributed by atoms with Gasteiger partial charge in [-0.2, -0.15) is 0 Å². The number of carbonyl (C=O) groups is 3. The number of carbonyl (C=O) groups excluding carboxylic acids is 3. The fraction of sp³-hybridized carbons (Fsp3) is 0.800. The van der Waals surface area contributed by atoms with Crippen molar-refractivity contribution >= 4 is 17.5 Å². The normalized spacial score (nSPS) is 47.6. The number of rotatable bonds is 2. The maximum atomic E-state index is 14.1. The number of methoxy groups -OCH3 is 1. The van der Waals surface area contributed by atoms with Crippen molar-refractivity contribution in [2.45, 2.75) is 84.7 Å². The fourth-order valence-corrected chi connectivity index (χ4v) is 7.71. The van der Waals surface area contributed by atoms with Crippen molar-refractivity contribution in [2.24, 2.45) is 28.6 Å². The van der Waals surface area contributed by atoms with Crippen LogP contribution < -0.4 is 0 Å². The van der Waals surface area contributed by atoms with Crippen molar-refractivity contribution in [3.8, 4) is 0 Å². The van der Waals surface area contributed by atoms with E-state index in [2.05, 4.69) is 0 Å². The van der Waals surface area contributed by atoms with E-state index in [-0.39, 0.29) is 25.0 Å². The van der Waals surface area contributed by atoms with Crippen LogP contribution in [0, 0.1) is 28.6 Å². The number of esters is 1. The molecule has 2 saturated carbocycles. The van der Waals surface area contributed by atoms with E-state index in [4.69, 9.17) is 14.2 Å². The van der Waals surface area contributed by atoms with Gasteiger partial charge in [0.05, 0.1) is 18.3 Å². The Morgan fingerprint density at radius 2 is 1.81 bits per heavy atom. The maximum absolute atomic E-state index is 14.1. The van der Waals surface area contributed by atoms with E-state index < -0.39 is 57.5 Å². The monoisotopic (exact) mass is 448 g/mol. The lowest BCUT2D eigenvalue weighted by molar-refractivity contribution is -0.330. The summed E-state index contributed by atoms with van der Waals surface area (Å²) in [6.07, 6.45) is -0.0517. The summed E-state index contributed by atoms with van der Waals surface area (Å²) in [5, 5.41) is 12.4. The number of ketones is 2. The molecule has 1 saturated heterocycles. The van der Waals surface area contributed by atoms with E-state index in [1.165, 1.54) is 6.92 Å². The van der Waals surface area contributed by atoms with Crippen LogP contribution in [-0.4, -0.2) is 59.8 Å². The van der Waals surface area contributed by atoms with Crippen LogP contribution in [0.4, 0.5) is 0 Å². The molecule has 0 aromatic heterocycles. The Balaban J connectivity index is 2.03. The van der Waals surface area contributed by atoms with Crippen LogP contribution in [0.5, 0.6) is 0 Å². The summed E-state index contributed by atoms with van der Waals surface area (Å²) in [7, 11) is 1.55. The van der Waals surface area contributed by atoms with Crippen LogP contribution in [0.15, 0.2) is 11.1 Å². The number of ether oxygens (including phenoxy) is 3. The van der Waals surface area contributed by atoms with Crippen molar-refractivity contribution in [1.82, 2.24) is 0 Å². The molecule has 7 nitrogen and oxygen atoms in total. The van der Waals surface area contributed by atoms with Gasteiger partial charge in [0.15, 0.2) is 5.60 Å². The predicted molar refractivity (Wildman–Crippen MR) is 116 cm³/mol. The van der Waals surface area contributed by atoms with Crippen molar-refractivity contribution in [2.75, 3.05) is 13.7 Å². The molecule has 0 spiro atoms. The lowest BCUT2D eigenvalue weighted by Gasteiger charge is -2.67. The maximum Gasteiger partial charge on any atom is 0.303 e. The van der Waals surface area contributed by atoms with Gasteiger partial charge >= 0.3 is 5.97 Å². The summed E-state index contributed by atoms with van der Waals surface area (Å²) >= 11 is 0. The van der Waals surface area contributed by atoms with Crippen LogP contribution in [-0.2, 0) is 28.6 Å². The minimum Gasteiger partial charge on any atom is -0.454 e. The van der Waals surface area contributed by atoms with E-state index in [1.54, 1.807) is 7.11 Å². The van der Waals surface area contributed by atoms with Gasteiger partial charge in [-0.3, -0.25) is 14.4 Å². The Kier molecular flexibility index (Phi) is 5.13. The molecule has 4 aliphatic rings. The molecule has 1 aliphatic heterocycles. The van der Waals surface area contributed by atoms with E-state index in [0.717, 1.165) is 0 Å². The van der Waals surface area contributed by atoms with Gasteiger partial charge in [-0.15, -0.1) is 0 Å². The summed E-state index contributed by atoms with van der Waals surface area (Å²) in [6, 6.07) is 0. The Bertz CT molecular complexity index is 919. The van der Waals surface area contributed by atoms with E-state index in [1.807, 2.05) is 41.5 Å². The van der Waals surface area contributed by atoms with Crippen molar-refractivity contribution in [3.05, 3.63) is 11.1 Å². The Hall–Kier alpha value is -1.57. The van der Waals surface area contributed by atoms with Gasteiger partial charge in [0.1, 0.15) is 6.10 Å². The topological polar surface area (TPSA) is 99.1 Å². The molecule has 1 N–H and O–H groups in total. The highest BCUT2D eigenvalue weighted by Gasteiger charge is 2.75. The highest BCUT2D eigenvalue weighted by molar-refractivity contribution is 6.46. The highest BCUT2D eigenvalue weighted by atomic mass is 16.6. The SMILES string of the molecule is COC1CC2(O)[C@@H](C)C3C4(OC(C)=O)COC4C[C@H](C)[C@@]3(C)C(=O)C(=O)C(=C1C)C2(C)C. The first kappa shape index (κ1) is 23.6. The highest BCUT2D eigenvalue weighted by Crippen LogP contribution is 2.65. The second-order valence-electron chi connectivity index (χ2n) is 11.2. The zero-order valence-electron chi connectivity index (χ0n) is 20.4. The summed E-state index contributed by atoms with van der Waals surface area (Å²) in [6.45, 7) is 12.7. The van der Waals surface area contributed by atoms with Crippen LogP contribution >= 0.6 is 0 Å². The standard InChI is InChI=1S/C25H36O7/c1-12-9-17-24(11-31-17,32-15(4)26)20-14(3)25(29)10-16(30-8)13(2)18(22(25,5)6)19(27)21(28)23(12,20)7/h12,14,16-17,20,29H,9-11H2,1-8H3/t12-,14-,16?,17?,20?,23+,24?,25?/m0/s1. The molecule has 8 atom stereocenters. The Morgan fingerprint density at radius 1 is 1.19 bits per heavy atom. The number of Topliss-reactive ketones (excluding diaryl/α,β-unsaturated/α-hetero) is 2. The molecule has 0 aromatic rings. The minimum atomic E-state index is -1.37. The largest absolute Gasteiger partial charge is 0.454 e. The molecule has 0 amide bonds. The second-order valence-corrected chi connectivity index (χ2v) is 11.2. The molecule has 178 valence electrons. The number of fused-ring (bicyclic) bond motifs is 5. The summed E-state index contributed by atoms with van der Waals surface area (Å²) in [5.74, 6) is -2.74. The second kappa shape index (κ2) is 6.97. The van der Waals surface area contributed by atoms with Gasteiger partial charge in [-0.05, 0) is 30.8 Å². The fourth-order valence-electron chi connectivity index (χ4n) is 7.71. The molecule has 3 fully saturated rings. The molecule has 32 heavy (non-hydrogen) atoms. The van der Waals surface area contributed by atoms with E-state index in [0.29, 0.717) is 17.6 Å². The van der Waals surface area contributed by atoms with Gasteiger partial charge in [-0.25, -0.2) is 0 Å². The lowest BCUT2D eigenvalue weighted by atomic mass is 9.41. The summed E-state index contributed by atoms with van der Waals surface area (Å²) in [4.78, 5) is 40.1. The van der Waals surface area contributed by atoms with Gasteiger partial charge in [-0.1, -0.05) is 34.6 Å². The molecule has 2 bridgehead atoms. The third-order valence-corrected chi connectivity index (χ3v) is 9.69. The third kappa shape index (κ3) is 2.56. The van der Waals surface area contributed by atoms with Crippen molar-refractivity contribution in [1.29, 1.82) is 0 Å². The van der Waals surface area contributed by atoms with Gasteiger partial charge in [0.2, 0.25) is 11.6 Å². The molecule has 0 aromatic carbocycles. The van der Waals surface area contributed by atoms with E-state index >= 15 is 0 Å². The molecule has 7 heteroatoms. The lowest BCUT2D eigenvalue weighted by Crippen LogP contribution is -2.78. The number of hydrogen-bond donors (Lipinski definition) is 1. The Morgan fingerprint density at radius 3 is 2.31 bits per heavy atom. The average molecular weight is 449 g/mol. The first-order valence-electron chi connectivity index (χ1n) is 11.6. The molecule has 5 unspecified atom stereocenters. The molecular formula is C25H36O7. The van der Waals surface area contributed by atoms with Crippen molar-refractivity contribution < 1.29 is 33.7 Å². The summed E-state index contributed by atoms with van der Waals surface area (Å²) in [5.41, 5.74) is -3.45. The van der Waals surface area contributed by atoms with Gasteiger partial charge in [0.25, 0.3) is 0 Å². The number of aliphatic hydroxyl groups is 1. The molecule has 3 aliphatic carbocycles. The van der Waals surface area contributed by atoms with Crippen molar-refractivity contribution in [3.63, 3.8) is 0 Å². The first-order chi connectivity index (χ1) is 14.7. The molecule has 4 rings (SSSR count). The molecular weight excluding hydrogens is 412 g/mol. The van der Waals surface area contributed by atoms with Crippen LogP contribution in [0.25, 0.3) is 0 Å². The third-order valence-electron chi connectivity index (χ3n) is 9.69. The zero-order valence-corrected chi connectivity index (χ0v) is 20.4. The average Bonchev–Trinajstić information content (AvgIpc) is 2.70. The molecule has 0 radical (unpaired) electrons. The predicted octanol–water partition coefficient (Wildman–Crippen LogP) is 2.63. The number of hydrogen-bond acceptors (Lipinski definition) is 7. The minimum absolute atomic E-state index is 0.155. The quantitative estimate of drug-likeness (QED) is 0.512. The van der Waals surface area contributed by atoms with Gasteiger partial charge in [0, 0.05) is 42.8 Å². The summed E-state index contributed by atoms with van der Waals surface area (Å²) < 4.78 is 17.5. The first-order valence-corrected chi connectivity index (χ1v) is 11.6. The van der Waals surface area contributed by atoms with Gasteiger partial charge < -0.3 is 19.3 Å². The smallest absolute Gasteiger partial charge is 0.303 e.